The average Bonchev–Trinajstić information content (AvgIpc) is 2.53. The van der Waals surface area contributed by atoms with Crippen molar-refractivity contribution in [2.45, 2.75) is 29.5 Å². The minimum absolute atomic E-state index is 0.127. The molecule has 1 N–H and O–H groups in total. The maximum absolute atomic E-state index is 11.5. The number of fused-ring (bicyclic) bond motifs is 1. The second-order valence-corrected chi connectivity index (χ2v) is 6.29. The Hall–Kier alpha value is -2.08. The van der Waals surface area contributed by atoms with Crippen molar-refractivity contribution >= 4 is 28.5 Å². The molecule has 0 spiro atoms. The number of ether oxygens (including phenoxy) is 1. The molecule has 0 bridgehead atoms. The highest BCUT2D eigenvalue weighted by Crippen LogP contribution is 2.32. The van der Waals surface area contributed by atoms with E-state index in [0.717, 1.165) is 15.7 Å². The van der Waals surface area contributed by atoms with E-state index in [1.54, 1.807) is 19.1 Å². The molecule has 116 valence electrons. The Kier molecular flexibility index (Phi) is 5.38. The molecule has 0 saturated heterocycles. The van der Waals surface area contributed by atoms with Crippen LogP contribution >= 0.6 is 11.8 Å². The van der Waals surface area contributed by atoms with Crippen molar-refractivity contribution in [3.8, 4) is 5.75 Å². The fourth-order valence-corrected chi connectivity index (χ4v) is 3.24. The minimum Gasteiger partial charge on any atom is -0.508 e. The highest BCUT2D eigenvalue weighted by atomic mass is 32.2. The smallest absolute Gasteiger partial charge is 0.306 e. The molecule has 5 nitrogen and oxygen atoms in total. The fraction of sp³-hybridized carbons (Fsp3) is 0.312. The van der Waals surface area contributed by atoms with E-state index in [9.17, 15) is 14.8 Å². The zero-order chi connectivity index (χ0) is 16.1. The molecule has 0 aliphatic heterocycles. The highest BCUT2D eigenvalue weighted by molar-refractivity contribution is 8.00. The number of thioether (sulfide) groups is 1. The number of benzene rings is 2. The summed E-state index contributed by atoms with van der Waals surface area (Å²) >= 11 is 1.43. The molecular weight excluding hydrogens is 302 g/mol. The van der Waals surface area contributed by atoms with Gasteiger partial charge in [0.05, 0.1) is 13.5 Å². The summed E-state index contributed by atoms with van der Waals surface area (Å²) in [5, 5.41) is 14.1. The summed E-state index contributed by atoms with van der Waals surface area (Å²) in [6.07, 6.45) is 0.127. The molecule has 22 heavy (non-hydrogen) atoms. The largest absolute Gasteiger partial charge is 0.508 e. The number of methoxy groups -OCH3 is 1. The third kappa shape index (κ3) is 3.98. The van der Waals surface area contributed by atoms with Gasteiger partial charge in [-0.15, -0.1) is 11.8 Å². The molecule has 0 radical (unpaired) electrons. The molecule has 0 heterocycles. The molecule has 0 fully saturated rings. The second kappa shape index (κ2) is 7.26. The number of carbonyl (C=O) groups is 1. The quantitative estimate of drug-likeness (QED) is 0.499. The van der Waals surface area contributed by atoms with Gasteiger partial charge in [-0.2, -0.15) is 4.91 Å². The van der Waals surface area contributed by atoms with Crippen LogP contribution in [0.5, 0.6) is 5.75 Å². The molecule has 0 saturated carbocycles. The molecule has 6 heteroatoms. The van der Waals surface area contributed by atoms with Crippen molar-refractivity contribution in [1.82, 2.24) is 0 Å². The number of esters is 1. The average molecular weight is 319 g/mol. The van der Waals surface area contributed by atoms with Gasteiger partial charge in [-0.05, 0) is 42.0 Å². The predicted octanol–water partition coefficient (Wildman–Crippen LogP) is 3.72. The summed E-state index contributed by atoms with van der Waals surface area (Å²) in [7, 11) is 1.32. The molecule has 2 rings (SSSR count). The number of carbonyl (C=O) groups excluding carboxylic acids is 1. The SMILES string of the molecule is COC(=O)CC(Sc1ccc2cc(O)ccc2c1)C(C)N=O. The Labute approximate surface area is 132 Å². The van der Waals surface area contributed by atoms with E-state index in [1.807, 2.05) is 24.3 Å². The van der Waals surface area contributed by atoms with Gasteiger partial charge in [0.2, 0.25) is 0 Å². The van der Waals surface area contributed by atoms with Gasteiger partial charge in [0.1, 0.15) is 11.8 Å². The minimum atomic E-state index is -0.500. The topological polar surface area (TPSA) is 76.0 Å². The van der Waals surface area contributed by atoms with E-state index < -0.39 is 6.04 Å². The number of phenolic OH excluding ortho intramolecular Hbond substituents is 1. The first kappa shape index (κ1) is 16.3. The maximum atomic E-state index is 11.5. The number of nitrogens with zero attached hydrogens (tertiary/aromatic N) is 1. The Morgan fingerprint density at radius 1 is 1.27 bits per heavy atom. The van der Waals surface area contributed by atoms with Crippen molar-refractivity contribution in [2.75, 3.05) is 7.11 Å². The van der Waals surface area contributed by atoms with E-state index in [-0.39, 0.29) is 23.4 Å². The molecule has 2 unspecified atom stereocenters. The molecule has 0 aliphatic rings. The van der Waals surface area contributed by atoms with Gasteiger partial charge >= 0.3 is 5.97 Å². The highest BCUT2D eigenvalue weighted by Gasteiger charge is 2.23. The zero-order valence-electron chi connectivity index (χ0n) is 12.4. The van der Waals surface area contributed by atoms with E-state index in [4.69, 9.17) is 0 Å². The standard InChI is InChI=1S/C16H17NO4S/c1-10(17-20)15(9-16(19)21-2)22-14-6-4-11-7-13(18)5-3-12(11)8-14/h3-8,10,15,18H,9H2,1-2H3. The maximum Gasteiger partial charge on any atom is 0.306 e. The monoisotopic (exact) mass is 319 g/mol. The van der Waals surface area contributed by atoms with Crippen molar-refractivity contribution in [1.29, 1.82) is 0 Å². The van der Waals surface area contributed by atoms with Crippen molar-refractivity contribution < 1.29 is 14.6 Å². The van der Waals surface area contributed by atoms with Crippen LogP contribution in [0.3, 0.4) is 0 Å². The third-order valence-corrected chi connectivity index (χ3v) is 4.77. The van der Waals surface area contributed by atoms with Gasteiger partial charge < -0.3 is 9.84 Å². The Morgan fingerprint density at radius 3 is 2.64 bits per heavy atom. The lowest BCUT2D eigenvalue weighted by atomic mass is 10.1. The molecule has 0 aliphatic carbocycles. The van der Waals surface area contributed by atoms with Crippen LogP contribution in [0, 0.1) is 4.91 Å². The molecule has 0 amide bonds. The van der Waals surface area contributed by atoms with E-state index >= 15 is 0 Å². The van der Waals surface area contributed by atoms with Crippen molar-refractivity contribution in [3.63, 3.8) is 0 Å². The van der Waals surface area contributed by atoms with E-state index in [0.29, 0.717) is 0 Å². The number of rotatable bonds is 6. The molecule has 2 atom stereocenters. The van der Waals surface area contributed by atoms with Crippen LogP contribution < -0.4 is 0 Å². The number of aromatic hydroxyl groups is 1. The normalized spacial score (nSPS) is 13.5. The van der Waals surface area contributed by atoms with Gasteiger partial charge in [-0.25, -0.2) is 0 Å². The van der Waals surface area contributed by atoms with Crippen LogP contribution in [-0.2, 0) is 9.53 Å². The first-order valence-electron chi connectivity index (χ1n) is 6.82. The Bertz CT molecular complexity index is 689. The van der Waals surface area contributed by atoms with Gasteiger partial charge in [-0.3, -0.25) is 4.79 Å². The van der Waals surface area contributed by atoms with Crippen molar-refractivity contribution in [3.05, 3.63) is 41.3 Å². The molecule has 2 aromatic carbocycles. The molecular formula is C16H17NO4S. The van der Waals surface area contributed by atoms with Gasteiger partial charge in [-0.1, -0.05) is 17.3 Å². The number of nitroso groups, excluding NO2 is 1. The molecule has 0 aromatic heterocycles. The Balaban J connectivity index is 2.23. The lowest BCUT2D eigenvalue weighted by molar-refractivity contribution is -0.140. The summed E-state index contributed by atoms with van der Waals surface area (Å²) in [6, 6.07) is 10.4. The van der Waals surface area contributed by atoms with Gasteiger partial charge in [0.15, 0.2) is 0 Å². The van der Waals surface area contributed by atoms with Crippen LogP contribution in [-0.4, -0.2) is 29.5 Å². The number of phenols is 1. The predicted molar refractivity (Wildman–Crippen MR) is 87.1 cm³/mol. The van der Waals surface area contributed by atoms with Gasteiger partial charge in [0.25, 0.3) is 0 Å². The lowest BCUT2D eigenvalue weighted by Crippen LogP contribution is -2.22. The van der Waals surface area contributed by atoms with Crippen LogP contribution in [0.4, 0.5) is 0 Å². The third-order valence-electron chi connectivity index (χ3n) is 3.38. The zero-order valence-corrected chi connectivity index (χ0v) is 13.2. The number of hydrogen-bond acceptors (Lipinski definition) is 6. The Morgan fingerprint density at radius 2 is 1.95 bits per heavy atom. The van der Waals surface area contributed by atoms with Crippen LogP contribution in [0.2, 0.25) is 0 Å². The van der Waals surface area contributed by atoms with Crippen LogP contribution in [0.25, 0.3) is 10.8 Å². The molecule has 2 aromatic rings. The summed E-state index contributed by atoms with van der Waals surface area (Å²) in [4.78, 5) is 23.2. The summed E-state index contributed by atoms with van der Waals surface area (Å²) < 4.78 is 4.67. The number of hydrogen-bond donors (Lipinski definition) is 1. The summed E-state index contributed by atoms with van der Waals surface area (Å²) in [5.74, 6) is -0.144. The van der Waals surface area contributed by atoms with Gasteiger partial charge in [0, 0.05) is 10.1 Å². The summed E-state index contributed by atoms with van der Waals surface area (Å²) in [5.41, 5.74) is 0. The van der Waals surface area contributed by atoms with Crippen LogP contribution in [0.1, 0.15) is 13.3 Å². The lowest BCUT2D eigenvalue weighted by Gasteiger charge is -2.17. The van der Waals surface area contributed by atoms with Crippen LogP contribution in [0.15, 0.2) is 46.5 Å². The second-order valence-electron chi connectivity index (χ2n) is 4.98. The first-order chi connectivity index (χ1) is 10.5. The van der Waals surface area contributed by atoms with Crippen molar-refractivity contribution in [2.24, 2.45) is 5.18 Å². The van der Waals surface area contributed by atoms with E-state index in [2.05, 4.69) is 9.91 Å². The van der Waals surface area contributed by atoms with E-state index in [1.165, 1.54) is 18.9 Å². The summed E-state index contributed by atoms with van der Waals surface area (Å²) in [6.45, 7) is 1.69. The fourth-order valence-electron chi connectivity index (χ4n) is 2.09. The first-order valence-corrected chi connectivity index (χ1v) is 7.70.